The van der Waals surface area contributed by atoms with Gasteiger partial charge in [-0.3, -0.25) is 14.5 Å². The number of carbonyl (C=O) groups excluding carboxylic acids is 1. The van der Waals surface area contributed by atoms with Gasteiger partial charge in [0.25, 0.3) is 0 Å². The molecule has 0 aliphatic rings. The van der Waals surface area contributed by atoms with Crippen molar-refractivity contribution in [3.8, 4) is 17.3 Å². The van der Waals surface area contributed by atoms with Gasteiger partial charge in [0.1, 0.15) is 0 Å². The molecular formula is C20H19N5O. The zero-order valence-corrected chi connectivity index (χ0v) is 14.5. The molecule has 130 valence electrons. The minimum atomic E-state index is -0.00546. The summed E-state index contributed by atoms with van der Waals surface area (Å²) in [6, 6.07) is 13.2. The van der Waals surface area contributed by atoms with Gasteiger partial charge in [0, 0.05) is 38.0 Å². The minimum absolute atomic E-state index is 0.00546. The fourth-order valence-electron chi connectivity index (χ4n) is 2.59. The van der Waals surface area contributed by atoms with E-state index in [1.54, 1.807) is 29.2 Å². The first-order valence-corrected chi connectivity index (χ1v) is 8.34. The fourth-order valence-corrected chi connectivity index (χ4v) is 2.59. The molecule has 0 aliphatic carbocycles. The molecule has 1 N–H and O–H groups in total. The van der Waals surface area contributed by atoms with Crippen molar-refractivity contribution < 1.29 is 4.79 Å². The normalized spacial score (nSPS) is 10.3. The van der Waals surface area contributed by atoms with Crippen LogP contribution in [0, 0.1) is 11.3 Å². The van der Waals surface area contributed by atoms with E-state index >= 15 is 0 Å². The number of aromatic nitrogens is 3. The third kappa shape index (κ3) is 4.54. The first-order chi connectivity index (χ1) is 12.6. The van der Waals surface area contributed by atoms with E-state index < -0.39 is 0 Å². The molecule has 2 aromatic heterocycles. The number of nitrogens with zero attached hydrogens (tertiary/aromatic N) is 4. The molecule has 2 heterocycles. The third-order valence-corrected chi connectivity index (χ3v) is 4.04. The van der Waals surface area contributed by atoms with E-state index in [0.717, 1.165) is 22.4 Å². The van der Waals surface area contributed by atoms with Crippen LogP contribution in [-0.4, -0.2) is 20.7 Å². The Morgan fingerprint density at radius 3 is 2.73 bits per heavy atom. The van der Waals surface area contributed by atoms with Crippen LogP contribution in [0.1, 0.15) is 23.1 Å². The largest absolute Gasteiger partial charge is 0.352 e. The van der Waals surface area contributed by atoms with Crippen molar-refractivity contribution in [2.45, 2.75) is 19.4 Å². The van der Waals surface area contributed by atoms with Gasteiger partial charge >= 0.3 is 0 Å². The van der Waals surface area contributed by atoms with Crippen LogP contribution in [0.3, 0.4) is 0 Å². The summed E-state index contributed by atoms with van der Waals surface area (Å²) < 4.78 is 1.73. The standard InChI is InChI=1S/C20H19N5O/c1-25-14-18(13-24-25)19-10-17(8-9-22-19)12-23-20(26)7-6-15-2-4-16(11-21)5-3-15/h2-5,8-10,13-14H,6-7,12H2,1H3,(H,23,26). The van der Waals surface area contributed by atoms with Gasteiger partial charge in [0.2, 0.25) is 5.91 Å². The van der Waals surface area contributed by atoms with Crippen molar-refractivity contribution in [1.82, 2.24) is 20.1 Å². The zero-order valence-electron chi connectivity index (χ0n) is 14.5. The summed E-state index contributed by atoms with van der Waals surface area (Å²) in [5, 5.41) is 15.9. The summed E-state index contributed by atoms with van der Waals surface area (Å²) in [5.41, 5.74) is 4.44. The molecule has 26 heavy (non-hydrogen) atoms. The summed E-state index contributed by atoms with van der Waals surface area (Å²) in [6.45, 7) is 0.460. The number of aryl methyl sites for hydroxylation is 2. The fraction of sp³-hybridized carbons (Fsp3) is 0.200. The number of carbonyl (C=O) groups is 1. The number of pyridine rings is 1. The first kappa shape index (κ1) is 17.4. The van der Waals surface area contributed by atoms with Gasteiger partial charge in [0.05, 0.1) is 23.5 Å². The molecule has 0 bridgehead atoms. The lowest BCUT2D eigenvalue weighted by molar-refractivity contribution is -0.121. The number of nitrogens with one attached hydrogen (secondary N) is 1. The number of amides is 1. The molecule has 1 aromatic carbocycles. The predicted octanol–water partition coefficient (Wildman–Crippen LogP) is 2.60. The first-order valence-electron chi connectivity index (χ1n) is 8.34. The second-order valence-corrected chi connectivity index (χ2v) is 6.04. The lowest BCUT2D eigenvalue weighted by Crippen LogP contribution is -2.23. The molecule has 0 fully saturated rings. The Kier molecular flexibility index (Phi) is 5.40. The predicted molar refractivity (Wildman–Crippen MR) is 97.8 cm³/mol. The van der Waals surface area contributed by atoms with Crippen LogP contribution in [0.5, 0.6) is 0 Å². The van der Waals surface area contributed by atoms with Crippen molar-refractivity contribution in [2.75, 3.05) is 0 Å². The van der Waals surface area contributed by atoms with E-state index in [2.05, 4.69) is 21.5 Å². The maximum atomic E-state index is 12.1. The molecule has 0 saturated heterocycles. The second kappa shape index (κ2) is 8.08. The highest BCUT2D eigenvalue weighted by Gasteiger charge is 2.06. The van der Waals surface area contributed by atoms with E-state index in [1.807, 2.05) is 37.5 Å². The topological polar surface area (TPSA) is 83.6 Å². The molecule has 0 spiro atoms. The van der Waals surface area contributed by atoms with Gasteiger partial charge in [-0.15, -0.1) is 0 Å². The Bertz CT molecular complexity index is 937. The van der Waals surface area contributed by atoms with E-state index in [0.29, 0.717) is 24.9 Å². The van der Waals surface area contributed by atoms with E-state index in [-0.39, 0.29) is 5.91 Å². The van der Waals surface area contributed by atoms with Crippen LogP contribution < -0.4 is 5.32 Å². The van der Waals surface area contributed by atoms with Crippen molar-refractivity contribution in [1.29, 1.82) is 5.26 Å². The molecule has 6 nitrogen and oxygen atoms in total. The molecule has 3 aromatic rings. The van der Waals surface area contributed by atoms with Crippen LogP contribution in [0.2, 0.25) is 0 Å². The van der Waals surface area contributed by atoms with Crippen molar-refractivity contribution >= 4 is 5.91 Å². The van der Waals surface area contributed by atoms with Crippen molar-refractivity contribution in [3.05, 3.63) is 71.7 Å². The summed E-state index contributed by atoms with van der Waals surface area (Å²) in [5.74, 6) is -0.00546. The van der Waals surface area contributed by atoms with Gasteiger partial charge in [0.15, 0.2) is 0 Å². The Morgan fingerprint density at radius 2 is 2.04 bits per heavy atom. The molecule has 0 unspecified atom stereocenters. The summed E-state index contributed by atoms with van der Waals surface area (Å²) in [7, 11) is 1.86. The Labute approximate surface area is 152 Å². The Balaban J connectivity index is 1.52. The highest BCUT2D eigenvalue weighted by molar-refractivity contribution is 5.76. The number of nitriles is 1. The Hall–Kier alpha value is -3.46. The number of rotatable bonds is 6. The molecule has 0 saturated carbocycles. The molecule has 0 radical (unpaired) electrons. The van der Waals surface area contributed by atoms with Gasteiger partial charge in [-0.25, -0.2) is 0 Å². The summed E-state index contributed by atoms with van der Waals surface area (Å²) in [4.78, 5) is 16.4. The molecule has 3 rings (SSSR count). The second-order valence-electron chi connectivity index (χ2n) is 6.04. The van der Waals surface area contributed by atoms with Crippen molar-refractivity contribution in [2.24, 2.45) is 7.05 Å². The van der Waals surface area contributed by atoms with E-state index in [4.69, 9.17) is 5.26 Å². The molecule has 6 heteroatoms. The van der Waals surface area contributed by atoms with Crippen LogP contribution >= 0.6 is 0 Å². The van der Waals surface area contributed by atoms with Crippen LogP contribution in [-0.2, 0) is 24.8 Å². The maximum Gasteiger partial charge on any atom is 0.220 e. The lowest BCUT2D eigenvalue weighted by Gasteiger charge is -2.07. The number of benzene rings is 1. The average Bonchev–Trinajstić information content (AvgIpc) is 3.12. The highest BCUT2D eigenvalue weighted by Crippen LogP contribution is 2.16. The smallest absolute Gasteiger partial charge is 0.220 e. The average molecular weight is 345 g/mol. The molecule has 0 aliphatic heterocycles. The van der Waals surface area contributed by atoms with E-state index in [9.17, 15) is 4.79 Å². The van der Waals surface area contributed by atoms with Crippen LogP contribution in [0.25, 0.3) is 11.3 Å². The summed E-state index contributed by atoms with van der Waals surface area (Å²) >= 11 is 0. The quantitative estimate of drug-likeness (QED) is 0.744. The minimum Gasteiger partial charge on any atom is -0.352 e. The van der Waals surface area contributed by atoms with Gasteiger partial charge in [-0.05, 0) is 41.8 Å². The van der Waals surface area contributed by atoms with Gasteiger partial charge in [-0.2, -0.15) is 10.4 Å². The van der Waals surface area contributed by atoms with Gasteiger partial charge < -0.3 is 5.32 Å². The molecule has 1 amide bonds. The van der Waals surface area contributed by atoms with Gasteiger partial charge in [-0.1, -0.05) is 12.1 Å². The van der Waals surface area contributed by atoms with Crippen LogP contribution in [0.4, 0.5) is 0 Å². The summed E-state index contributed by atoms with van der Waals surface area (Å²) in [6.07, 6.45) is 6.46. The number of hydrogen-bond acceptors (Lipinski definition) is 4. The van der Waals surface area contributed by atoms with Crippen LogP contribution in [0.15, 0.2) is 55.0 Å². The van der Waals surface area contributed by atoms with Crippen molar-refractivity contribution in [3.63, 3.8) is 0 Å². The monoisotopic (exact) mass is 345 g/mol. The highest BCUT2D eigenvalue weighted by atomic mass is 16.1. The number of hydrogen-bond donors (Lipinski definition) is 1. The lowest BCUT2D eigenvalue weighted by atomic mass is 10.1. The van der Waals surface area contributed by atoms with E-state index in [1.165, 1.54) is 0 Å². The molecular weight excluding hydrogens is 326 g/mol. The Morgan fingerprint density at radius 1 is 1.23 bits per heavy atom. The third-order valence-electron chi connectivity index (χ3n) is 4.04. The molecule has 0 atom stereocenters. The SMILES string of the molecule is Cn1cc(-c2cc(CNC(=O)CCc3ccc(C#N)cc3)ccn2)cn1. The maximum absolute atomic E-state index is 12.1. The zero-order chi connectivity index (χ0) is 18.4.